The first kappa shape index (κ1) is 14.8. The molecule has 1 aromatic carbocycles. The standard InChI is InChI=1S/C15H18ClN3O/c16-13-6-1-2-7-14(13)18-15(20)12-5-3-9-19(11-12)10-4-8-17/h1-2,6-7,12H,3-5,9-11H2,(H,18,20). The second-order valence-corrected chi connectivity index (χ2v) is 5.42. The molecular formula is C15H18ClN3O. The number of halogens is 1. The quantitative estimate of drug-likeness (QED) is 0.928. The Kier molecular flexibility index (Phi) is 5.40. The van der Waals surface area contributed by atoms with Gasteiger partial charge in [-0.1, -0.05) is 23.7 Å². The van der Waals surface area contributed by atoms with Crippen LogP contribution >= 0.6 is 11.6 Å². The third-order valence-electron chi connectivity index (χ3n) is 3.55. The zero-order valence-corrected chi connectivity index (χ0v) is 12.1. The molecule has 106 valence electrons. The molecule has 0 saturated carbocycles. The minimum atomic E-state index is -0.0290. The van der Waals surface area contributed by atoms with Gasteiger partial charge in [0.15, 0.2) is 0 Å². The molecule has 0 spiro atoms. The lowest BCUT2D eigenvalue weighted by molar-refractivity contribution is -0.121. The van der Waals surface area contributed by atoms with Gasteiger partial charge in [0.25, 0.3) is 0 Å². The number of nitrogens with zero attached hydrogens (tertiary/aromatic N) is 2. The van der Waals surface area contributed by atoms with E-state index in [4.69, 9.17) is 16.9 Å². The summed E-state index contributed by atoms with van der Waals surface area (Å²) in [5.74, 6) is -0.0153. The Hall–Kier alpha value is -1.57. The summed E-state index contributed by atoms with van der Waals surface area (Å²) < 4.78 is 0. The molecule has 1 saturated heterocycles. The summed E-state index contributed by atoms with van der Waals surface area (Å²) in [7, 11) is 0. The summed E-state index contributed by atoms with van der Waals surface area (Å²) in [6, 6.07) is 9.39. The number of hydrogen-bond donors (Lipinski definition) is 1. The van der Waals surface area contributed by atoms with Crippen LogP contribution in [0, 0.1) is 17.2 Å². The summed E-state index contributed by atoms with van der Waals surface area (Å²) in [5, 5.41) is 12.1. The van der Waals surface area contributed by atoms with Crippen LogP contribution in [0.3, 0.4) is 0 Å². The number of carbonyl (C=O) groups is 1. The lowest BCUT2D eigenvalue weighted by Gasteiger charge is -2.31. The summed E-state index contributed by atoms with van der Waals surface area (Å²) in [6.45, 7) is 2.43. The van der Waals surface area contributed by atoms with Crippen molar-refractivity contribution in [2.24, 2.45) is 5.92 Å². The van der Waals surface area contributed by atoms with E-state index in [2.05, 4.69) is 16.3 Å². The van der Waals surface area contributed by atoms with E-state index < -0.39 is 0 Å². The van der Waals surface area contributed by atoms with Crippen molar-refractivity contribution in [3.63, 3.8) is 0 Å². The topological polar surface area (TPSA) is 56.1 Å². The fourth-order valence-corrected chi connectivity index (χ4v) is 2.66. The predicted molar refractivity (Wildman–Crippen MR) is 79.5 cm³/mol. The monoisotopic (exact) mass is 291 g/mol. The van der Waals surface area contributed by atoms with Gasteiger partial charge in [0.05, 0.1) is 22.7 Å². The maximum absolute atomic E-state index is 12.3. The Labute approximate surface area is 124 Å². The van der Waals surface area contributed by atoms with Crippen molar-refractivity contribution in [1.82, 2.24) is 4.90 Å². The van der Waals surface area contributed by atoms with Crippen LogP contribution in [0.2, 0.25) is 5.02 Å². The highest BCUT2D eigenvalue weighted by atomic mass is 35.5. The molecule has 0 aliphatic carbocycles. The molecule has 1 aromatic rings. The number of nitriles is 1. The van der Waals surface area contributed by atoms with Crippen molar-refractivity contribution >= 4 is 23.2 Å². The molecule has 1 unspecified atom stereocenters. The van der Waals surface area contributed by atoms with Gasteiger partial charge in [-0.25, -0.2) is 0 Å². The summed E-state index contributed by atoms with van der Waals surface area (Å²) in [4.78, 5) is 14.5. The van der Waals surface area contributed by atoms with E-state index in [1.165, 1.54) is 0 Å². The van der Waals surface area contributed by atoms with Crippen molar-refractivity contribution in [2.75, 3.05) is 25.0 Å². The highest BCUT2D eigenvalue weighted by Crippen LogP contribution is 2.23. The Morgan fingerprint density at radius 3 is 3.05 bits per heavy atom. The van der Waals surface area contributed by atoms with Gasteiger partial charge in [-0.2, -0.15) is 5.26 Å². The number of benzene rings is 1. The molecule has 0 aromatic heterocycles. The highest BCUT2D eigenvalue weighted by Gasteiger charge is 2.25. The third kappa shape index (κ3) is 3.96. The van der Waals surface area contributed by atoms with Crippen LogP contribution in [-0.2, 0) is 4.79 Å². The molecule has 2 rings (SSSR count). The smallest absolute Gasteiger partial charge is 0.228 e. The molecule has 5 heteroatoms. The summed E-state index contributed by atoms with van der Waals surface area (Å²) >= 11 is 6.04. The average Bonchev–Trinajstić information content (AvgIpc) is 2.48. The van der Waals surface area contributed by atoms with Gasteiger partial charge < -0.3 is 10.2 Å². The molecule has 4 nitrogen and oxygen atoms in total. The van der Waals surface area contributed by atoms with E-state index in [0.717, 1.165) is 32.5 Å². The summed E-state index contributed by atoms with van der Waals surface area (Å²) in [5.41, 5.74) is 0.660. The molecule has 1 N–H and O–H groups in total. The van der Waals surface area contributed by atoms with Crippen LogP contribution in [0.4, 0.5) is 5.69 Å². The number of nitrogens with one attached hydrogen (secondary N) is 1. The largest absolute Gasteiger partial charge is 0.324 e. The highest BCUT2D eigenvalue weighted by molar-refractivity contribution is 6.33. The molecule has 1 aliphatic rings. The molecular weight excluding hydrogens is 274 g/mol. The van der Waals surface area contributed by atoms with Crippen LogP contribution < -0.4 is 5.32 Å². The normalized spacial score (nSPS) is 19.3. The molecule has 0 bridgehead atoms. The Morgan fingerprint density at radius 2 is 2.30 bits per heavy atom. The molecule has 1 fully saturated rings. The Morgan fingerprint density at radius 1 is 1.50 bits per heavy atom. The molecule has 0 radical (unpaired) electrons. The maximum atomic E-state index is 12.3. The van der Waals surface area contributed by atoms with Gasteiger partial charge in [-0.15, -0.1) is 0 Å². The van der Waals surface area contributed by atoms with Gasteiger partial charge >= 0.3 is 0 Å². The number of carbonyl (C=O) groups excluding carboxylic acids is 1. The van der Waals surface area contributed by atoms with Crippen molar-refractivity contribution in [2.45, 2.75) is 19.3 Å². The van der Waals surface area contributed by atoms with E-state index >= 15 is 0 Å². The number of anilines is 1. The van der Waals surface area contributed by atoms with Crippen LogP contribution in [0.15, 0.2) is 24.3 Å². The summed E-state index contributed by atoms with van der Waals surface area (Å²) in [6.07, 6.45) is 2.39. The van der Waals surface area contributed by atoms with Crippen LogP contribution in [0.5, 0.6) is 0 Å². The number of likely N-dealkylation sites (tertiary alicyclic amines) is 1. The zero-order chi connectivity index (χ0) is 14.4. The molecule has 20 heavy (non-hydrogen) atoms. The minimum Gasteiger partial charge on any atom is -0.324 e. The van der Waals surface area contributed by atoms with E-state index in [-0.39, 0.29) is 11.8 Å². The van der Waals surface area contributed by atoms with Gasteiger partial charge in [0.1, 0.15) is 0 Å². The molecule has 1 aliphatic heterocycles. The van der Waals surface area contributed by atoms with Crippen molar-refractivity contribution in [1.29, 1.82) is 5.26 Å². The number of rotatable bonds is 4. The van der Waals surface area contributed by atoms with Crippen molar-refractivity contribution < 1.29 is 4.79 Å². The molecule has 1 heterocycles. The van der Waals surface area contributed by atoms with E-state index in [1.807, 2.05) is 12.1 Å². The lowest BCUT2D eigenvalue weighted by Crippen LogP contribution is -2.41. The number of para-hydroxylation sites is 1. The fourth-order valence-electron chi connectivity index (χ4n) is 2.48. The maximum Gasteiger partial charge on any atom is 0.228 e. The molecule has 1 atom stereocenters. The number of piperidine rings is 1. The van der Waals surface area contributed by atoms with Crippen LogP contribution in [-0.4, -0.2) is 30.4 Å². The second-order valence-electron chi connectivity index (χ2n) is 5.02. The first-order valence-electron chi connectivity index (χ1n) is 6.85. The number of amides is 1. The van der Waals surface area contributed by atoms with Crippen molar-refractivity contribution in [3.05, 3.63) is 29.3 Å². The van der Waals surface area contributed by atoms with E-state index in [1.54, 1.807) is 12.1 Å². The van der Waals surface area contributed by atoms with Gasteiger partial charge in [-0.05, 0) is 31.5 Å². The Balaban J connectivity index is 1.92. The minimum absolute atomic E-state index is 0.0137. The number of hydrogen-bond acceptors (Lipinski definition) is 3. The van der Waals surface area contributed by atoms with E-state index in [9.17, 15) is 4.79 Å². The zero-order valence-electron chi connectivity index (χ0n) is 11.3. The third-order valence-corrected chi connectivity index (χ3v) is 3.88. The molecule has 1 amide bonds. The van der Waals surface area contributed by atoms with Crippen LogP contribution in [0.1, 0.15) is 19.3 Å². The van der Waals surface area contributed by atoms with Crippen molar-refractivity contribution in [3.8, 4) is 6.07 Å². The van der Waals surface area contributed by atoms with E-state index in [0.29, 0.717) is 17.1 Å². The lowest BCUT2D eigenvalue weighted by atomic mass is 9.97. The SMILES string of the molecule is N#CCCN1CCCC(C(=O)Nc2ccccc2Cl)C1. The first-order valence-corrected chi connectivity index (χ1v) is 7.23. The fraction of sp³-hybridized carbons (Fsp3) is 0.467. The van der Waals surface area contributed by atoms with Gasteiger partial charge in [-0.3, -0.25) is 4.79 Å². The van der Waals surface area contributed by atoms with Gasteiger partial charge in [0, 0.05) is 19.5 Å². The first-order chi connectivity index (χ1) is 9.70. The van der Waals surface area contributed by atoms with Gasteiger partial charge in [0.2, 0.25) is 5.91 Å². The average molecular weight is 292 g/mol. The van der Waals surface area contributed by atoms with Crippen LogP contribution in [0.25, 0.3) is 0 Å². The Bertz CT molecular complexity index is 512. The second kappa shape index (κ2) is 7.28. The predicted octanol–water partition coefficient (Wildman–Crippen LogP) is 2.90.